The van der Waals surface area contributed by atoms with Gasteiger partial charge < -0.3 is 0 Å². The van der Waals surface area contributed by atoms with E-state index in [9.17, 15) is 4.79 Å². The van der Waals surface area contributed by atoms with Gasteiger partial charge in [0, 0.05) is 13.2 Å². The normalized spacial score (nSPS) is 10.3. The molecule has 0 amide bonds. The Morgan fingerprint density at radius 2 is 2.20 bits per heavy atom. The van der Waals surface area contributed by atoms with Crippen LogP contribution in [0.4, 0.5) is 0 Å². The Kier molecular flexibility index (Phi) is 2.24. The second-order valence-electron chi connectivity index (χ2n) is 3.03. The lowest BCUT2D eigenvalue weighted by Gasteiger charge is -1.99. The summed E-state index contributed by atoms with van der Waals surface area (Å²) in [4.78, 5) is 23.7. The van der Waals surface area contributed by atoms with E-state index in [0.29, 0.717) is 11.5 Å². The lowest BCUT2D eigenvalue weighted by atomic mass is 10.2. The molecule has 0 spiro atoms. The minimum Gasteiger partial charge on any atom is -0.283 e. The minimum absolute atomic E-state index is 0.250. The minimum atomic E-state index is -0.250. The number of carbonyl (C=O) groups is 1. The Morgan fingerprint density at radius 1 is 1.40 bits per heavy atom. The topological polar surface area (TPSA) is 73.6 Å². The molecule has 0 saturated carbocycles. The molecule has 0 N–H and O–H groups in total. The van der Waals surface area contributed by atoms with Crippen molar-refractivity contribution in [1.82, 2.24) is 24.7 Å². The van der Waals surface area contributed by atoms with E-state index in [0.717, 1.165) is 0 Å². The van der Waals surface area contributed by atoms with Gasteiger partial charge in [0.2, 0.25) is 11.6 Å². The molecule has 0 saturated heterocycles. The van der Waals surface area contributed by atoms with E-state index in [1.807, 2.05) is 0 Å². The van der Waals surface area contributed by atoms with E-state index in [4.69, 9.17) is 0 Å². The molecule has 0 aliphatic rings. The first-order chi connectivity index (χ1) is 7.18. The molecule has 0 radical (unpaired) electrons. The largest absolute Gasteiger partial charge is 0.283 e. The van der Waals surface area contributed by atoms with Gasteiger partial charge in [0.05, 0.1) is 0 Å². The van der Waals surface area contributed by atoms with Gasteiger partial charge in [-0.2, -0.15) is 5.10 Å². The zero-order valence-corrected chi connectivity index (χ0v) is 8.38. The fraction of sp³-hybridized carbons (Fsp3) is 0.222. The van der Waals surface area contributed by atoms with Crippen LogP contribution in [-0.2, 0) is 7.05 Å². The molecule has 2 heterocycles. The van der Waals surface area contributed by atoms with Gasteiger partial charge in [-0.15, -0.1) is 0 Å². The van der Waals surface area contributed by atoms with Crippen LogP contribution in [0.15, 0.2) is 18.6 Å². The highest BCUT2D eigenvalue weighted by Crippen LogP contribution is 2.03. The van der Waals surface area contributed by atoms with Crippen molar-refractivity contribution in [2.75, 3.05) is 0 Å². The highest BCUT2D eigenvalue weighted by Gasteiger charge is 2.15. The fourth-order valence-electron chi connectivity index (χ4n) is 1.20. The van der Waals surface area contributed by atoms with Crippen LogP contribution in [0.1, 0.15) is 22.1 Å². The van der Waals surface area contributed by atoms with E-state index >= 15 is 0 Å². The Morgan fingerprint density at radius 3 is 2.80 bits per heavy atom. The quantitative estimate of drug-likeness (QED) is 0.649. The van der Waals surface area contributed by atoms with Gasteiger partial charge in [-0.05, 0) is 13.0 Å². The van der Waals surface area contributed by atoms with E-state index in [1.54, 1.807) is 26.2 Å². The average Bonchev–Trinajstić information content (AvgIpc) is 2.63. The zero-order valence-electron chi connectivity index (χ0n) is 8.38. The molecule has 6 nitrogen and oxygen atoms in total. The number of nitrogens with zero attached hydrogens (tertiary/aromatic N) is 5. The standard InChI is InChI=1S/C9H9N5O/c1-6-10-4-3-7(13-6)8(15)9-11-5-12-14(9)2/h3-5H,1-2H3. The third-order valence-electron chi connectivity index (χ3n) is 1.92. The first kappa shape index (κ1) is 9.45. The van der Waals surface area contributed by atoms with Crippen molar-refractivity contribution in [3.8, 4) is 0 Å². The van der Waals surface area contributed by atoms with Crippen molar-refractivity contribution in [2.24, 2.45) is 7.05 Å². The molecule has 0 fully saturated rings. The van der Waals surface area contributed by atoms with Gasteiger partial charge in [0.1, 0.15) is 17.8 Å². The van der Waals surface area contributed by atoms with Gasteiger partial charge in [0.25, 0.3) is 0 Å². The number of carbonyl (C=O) groups excluding carboxylic acids is 1. The van der Waals surface area contributed by atoms with Crippen molar-refractivity contribution < 1.29 is 4.79 Å². The maximum atomic E-state index is 11.9. The number of rotatable bonds is 2. The molecule has 0 bridgehead atoms. The molecule has 15 heavy (non-hydrogen) atoms. The molecule has 2 aromatic heterocycles. The molecule has 0 aliphatic heterocycles. The second kappa shape index (κ2) is 3.56. The van der Waals surface area contributed by atoms with Gasteiger partial charge in [-0.3, -0.25) is 4.79 Å². The van der Waals surface area contributed by atoms with Gasteiger partial charge >= 0.3 is 0 Å². The average molecular weight is 203 g/mol. The summed E-state index contributed by atoms with van der Waals surface area (Å²) in [5, 5.41) is 3.83. The van der Waals surface area contributed by atoms with Crippen LogP contribution in [-0.4, -0.2) is 30.5 Å². The van der Waals surface area contributed by atoms with Crippen LogP contribution in [0.5, 0.6) is 0 Å². The van der Waals surface area contributed by atoms with Crippen LogP contribution in [0, 0.1) is 6.92 Å². The van der Waals surface area contributed by atoms with Crippen LogP contribution in [0.25, 0.3) is 0 Å². The third-order valence-corrected chi connectivity index (χ3v) is 1.92. The maximum absolute atomic E-state index is 11.9. The summed E-state index contributed by atoms with van der Waals surface area (Å²) in [7, 11) is 1.66. The van der Waals surface area contributed by atoms with E-state index in [-0.39, 0.29) is 11.6 Å². The summed E-state index contributed by atoms with van der Waals surface area (Å²) in [5.74, 6) is 0.580. The second-order valence-corrected chi connectivity index (χ2v) is 3.03. The molecule has 0 aliphatic carbocycles. The van der Waals surface area contributed by atoms with Crippen LogP contribution in [0.3, 0.4) is 0 Å². The van der Waals surface area contributed by atoms with Gasteiger partial charge in [-0.25, -0.2) is 19.6 Å². The molecule has 0 unspecified atom stereocenters. The summed E-state index contributed by atoms with van der Waals surface area (Å²) < 4.78 is 1.42. The highest BCUT2D eigenvalue weighted by atomic mass is 16.1. The van der Waals surface area contributed by atoms with E-state index in [2.05, 4.69) is 20.1 Å². The predicted octanol–water partition coefficient (Wildman–Crippen LogP) is 0.145. The summed E-state index contributed by atoms with van der Waals surface area (Å²) in [5.41, 5.74) is 0.332. The van der Waals surface area contributed by atoms with Gasteiger partial charge in [-0.1, -0.05) is 0 Å². The first-order valence-electron chi connectivity index (χ1n) is 4.37. The Bertz CT molecular complexity index is 505. The number of aromatic nitrogens is 5. The highest BCUT2D eigenvalue weighted by molar-refractivity contribution is 6.05. The predicted molar refractivity (Wildman–Crippen MR) is 51.2 cm³/mol. The van der Waals surface area contributed by atoms with Crippen LogP contribution >= 0.6 is 0 Å². The third kappa shape index (κ3) is 1.74. The zero-order chi connectivity index (χ0) is 10.8. The molecule has 6 heteroatoms. The molecule has 2 aromatic rings. The van der Waals surface area contributed by atoms with Crippen molar-refractivity contribution in [1.29, 1.82) is 0 Å². The number of aryl methyl sites for hydroxylation is 2. The summed E-state index contributed by atoms with van der Waals surface area (Å²) in [6, 6.07) is 1.56. The molecular weight excluding hydrogens is 194 g/mol. The molecule has 2 rings (SSSR count). The monoisotopic (exact) mass is 203 g/mol. The fourth-order valence-corrected chi connectivity index (χ4v) is 1.20. The molecule has 0 atom stereocenters. The lowest BCUT2D eigenvalue weighted by molar-refractivity contribution is 0.102. The SMILES string of the molecule is Cc1nccc(C(=O)c2ncnn2C)n1. The van der Waals surface area contributed by atoms with Crippen molar-refractivity contribution in [3.63, 3.8) is 0 Å². The summed E-state index contributed by atoms with van der Waals surface area (Å²) >= 11 is 0. The lowest BCUT2D eigenvalue weighted by Crippen LogP contribution is -2.12. The first-order valence-corrected chi connectivity index (χ1v) is 4.37. The molecule has 0 aromatic carbocycles. The van der Waals surface area contributed by atoms with Crippen LogP contribution in [0.2, 0.25) is 0 Å². The van der Waals surface area contributed by atoms with Crippen molar-refractivity contribution in [2.45, 2.75) is 6.92 Å². The summed E-state index contributed by atoms with van der Waals surface area (Å²) in [6.45, 7) is 1.73. The number of hydrogen-bond donors (Lipinski definition) is 0. The molecule has 76 valence electrons. The van der Waals surface area contributed by atoms with Gasteiger partial charge in [0.15, 0.2) is 0 Å². The number of ketones is 1. The Hall–Kier alpha value is -2.11. The van der Waals surface area contributed by atoms with E-state index < -0.39 is 0 Å². The maximum Gasteiger partial charge on any atom is 0.248 e. The van der Waals surface area contributed by atoms with Crippen molar-refractivity contribution >= 4 is 5.78 Å². The van der Waals surface area contributed by atoms with E-state index in [1.165, 1.54) is 11.0 Å². The van der Waals surface area contributed by atoms with Crippen molar-refractivity contribution in [3.05, 3.63) is 35.9 Å². The van der Waals surface area contributed by atoms with Crippen LogP contribution < -0.4 is 0 Å². The molecular formula is C9H9N5O. The Balaban J connectivity index is 2.41. The Labute approximate surface area is 86.0 Å². The smallest absolute Gasteiger partial charge is 0.248 e. The number of hydrogen-bond acceptors (Lipinski definition) is 5. The summed E-state index contributed by atoms with van der Waals surface area (Å²) in [6.07, 6.45) is 2.88.